The normalized spacial score (nSPS) is 16.5. The predicted octanol–water partition coefficient (Wildman–Crippen LogP) is 6.20. The van der Waals surface area contributed by atoms with E-state index in [0.717, 1.165) is 50.1 Å². The Labute approximate surface area is 253 Å². The van der Waals surface area contributed by atoms with Crippen molar-refractivity contribution in [2.75, 3.05) is 26.2 Å². The summed E-state index contributed by atoms with van der Waals surface area (Å²) in [7, 11) is 0. The van der Waals surface area contributed by atoms with E-state index < -0.39 is 17.7 Å². The zero-order valence-electron chi connectivity index (χ0n) is 25.1. The van der Waals surface area contributed by atoms with Crippen LogP contribution >= 0.6 is 0 Å². The lowest BCUT2D eigenvalue weighted by atomic mass is 10.0. The minimum atomic E-state index is -5.08. The number of piperidine rings is 2. The number of para-hydroxylation sites is 4. The van der Waals surface area contributed by atoms with E-state index >= 15 is 0 Å². The second-order valence-corrected chi connectivity index (χ2v) is 11.8. The summed E-state index contributed by atoms with van der Waals surface area (Å²) in [6.07, 6.45) is 2.89. The summed E-state index contributed by atoms with van der Waals surface area (Å²) in [6, 6.07) is 17.6. The van der Waals surface area contributed by atoms with Gasteiger partial charge in [-0.3, -0.25) is 0 Å². The SMILES string of the molecule is CC(C)(C)OC(=O)N1CCC(n2cnc3ccccc32)CC1.O=C(O)C(F)(F)F.c1ccc2c(c1)ncn2C1CCNCC1. The van der Waals surface area contributed by atoms with Crippen molar-refractivity contribution < 1.29 is 32.6 Å². The molecule has 2 aromatic carbocycles. The summed E-state index contributed by atoms with van der Waals surface area (Å²) in [5.41, 5.74) is 4.13. The number of likely N-dealkylation sites (tertiary alicyclic amines) is 1. The lowest BCUT2D eigenvalue weighted by Crippen LogP contribution is -2.42. The molecule has 6 rings (SSSR count). The number of fused-ring (bicyclic) bond motifs is 2. The number of aliphatic carboxylic acids is 1. The molecule has 2 aliphatic heterocycles. The van der Waals surface area contributed by atoms with Gasteiger partial charge >= 0.3 is 18.2 Å². The van der Waals surface area contributed by atoms with Crippen LogP contribution in [-0.4, -0.2) is 79.1 Å². The Hall–Kier alpha value is -4.13. The number of imidazole rings is 2. The monoisotopic (exact) mass is 616 g/mol. The van der Waals surface area contributed by atoms with E-state index in [9.17, 15) is 18.0 Å². The molecule has 0 bridgehead atoms. The van der Waals surface area contributed by atoms with Crippen LogP contribution in [0.3, 0.4) is 0 Å². The van der Waals surface area contributed by atoms with Gasteiger partial charge in [0, 0.05) is 25.2 Å². The number of carboxylic acid groups (broad SMARTS) is 1. The van der Waals surface area contributed by atoms with E-state index in [-0.39, 0.29) is 6.09 Å². The van der Waals surface area contributed by atoms with Gasteiger partial charge in [0.15, 0.2) is 0 Å². The molecule has 2 aliphatic rings. The molecule has 0 radical (unpaired) electrons. The van der Waals surface area contributed by atoms with Gasteiger partial charge in [-0.15, -0.1) is 0 Å². The van der Waals surface area contributed by atoms with E-state index in [1.807, 2.05) is 57.7 Å². The molecular weight excluding hydrogens is 577 g/mol. The Morgan fingerprint density at radius 3 is 1.68 bits per heavy atom. The van der Waals surface area contributed by atoms with Gasteiger partial charge in [0.1, 0.15) is 5.60 Å². The molecule has 2 N–H and O–H groups in total. The third kappa shape index (κ3) is 8.71. The van der Waals surface area contributed by atoms with E-state index in [0.29, 0.717) is 12.1 Å². The second-order valence-electron chi connectivity index (χ2n) is 11.8. The average Bonchev–Trinajstić information content (AvgIpc) is 3.62. The van der Waals surface area contributed by atoms with E-state index in [1.54, 1.807) is 4.90 Å². The van der Waals surface area contributed by atoms with E-state index in [1.165, 1.54) is 23.9 Å². The maximum Gasteiger partial charge on any atom is 0.490 e. The van der Waals surface area contributed by atoms with Gasteiger partial charge in [0.25, 0.3) is 0 Å². The van der Waals surface area contributed by atoms with Gasteiger partial charge in [0.2, 0.25) is 0 Å². The van der Waals surface area contributed by atoms with Gasteiger partial charge in [-0.2, -0.15) is 13.2 Å². The molecule has 2 saturated heterocycles. The zero-order chi connectivity index (χ0) is 31.9. The highest BCUT2D eigenvalue weighted by atomic mass is 19.4. The van der Waals surface area contributed by atoms with Crippen molar-refractivity contribution in [2.24, 2.45) is 0 Å². The summed E-state index contributed by atoms with van der Waals surface area (Å²) in [4.78, 5) is 31.7. The highest BCUT2D eigenvalue weighted by Gasteiger charge is 2.38. The fourth-order valence-electron chi connectivity index (χ4n) is 5.28. The summed E-state index contributed by atoms with van der Waals surface area (Å²) >= 11 is 0. The van der Waals surface area contributed by atoms with Crippen LogP contribution in [0.25, 0.3) is 22.1 Å². The molecule has 2 aromatic heterocycles. The molecule has 0 atom stereocenters. The number of alkyl halides is 3. The van der Waals surface area contributed by atoms with Crippen LogP contribution in [0.5, 0.6) is 0 Å². The smallest absolute Gasteiger partial charge is 0.475 e. The van der Waals surface area contributed by atoms with Crippen molar-refractivity contribution in [1.82, 2.24) is 29.3 Å². The first-order valence-electron chi connectivity index (χ1n) is 14.7. The summed E-state index contributed by atoms with van der Waals surface area (Å²) in [6.45, 7) is 9.40. The van der Waals surface area contributed by atoms with Gasteiger partial charge in [0.05, 0.1) is 34.7 Å². The Morgan fingerprint density at radius 1 is 0.818 bits per heavy atom. The minimum absolute atomic E-state index is 0.207. The summed E-state index contributed by atoms with van der Waals surface area (Å²) in [5.74, 6) is -2.76. The van der Waals surface area contributed by atoms with Crippen molar-refractivity contribution in [3.05, 3.63) is 61.2 Å². The molecule has 0 spiro atoms. The topological polar surface area (TPSA) is 115 Å². The Morgan fingerprint density at radius 2 is 1.25 bits per heavy atom. The van der Waals surface area contributed by atoms with Crippen LogP contribution in [-0.2, 0) is 9.53 Å². The molecule has 10 nitrogen and oxygen atoms in total. The fourth-order valence-corrected chi connectivity index (χ4v) is 5.28. The molecule has 4 heterocycles. The number of rotatable bonds is 2. The molecule has 2 fully saturated rings. The van der Waals surface area contributed by atoms with E-state index in [2.05, 4.69) is 48.7 Å². The number of carboxylic acids is 1. The first kappa shape index (κ1) is 32.8. The standard InChI is InChI=1S/C17H23N3O2.C12H15N3.C2HF3O2/c1-17(2,3)22-16(21)19-10-8-13(9-11-19)20-12-18-14-6-4-5-7-15(14)20;1-2-4-12-11(3-1)14-9-15(12)10-5-7-13-8-6-10;3-2(4,5)1(6)7/h4-7,12-13H,8-11H2,1-3H3;1-4,9-10,13H,5-8H2;(H,6,7). The molecule has 1 amide bonds. The van der Waals surface area contributed by atoms with Crippen LogP contribution in [0.1, 0.15) is 58.5 Å². The van der Waals surface area contributed by atoms with Gasteiger partial charge in [-0.1, -0.05) is 24.3 Å². The van der Waals surface area contributed by atoms with Crippen molar-refractivity contribution in [2.45, 2.75) is 70.3 Å². The van der Waals surface area contributed by atoms with Gasteiger partial charge in [-0.05, 0) is 83.8 Å². The number of benzene rings is 2. The largest absolute Gasteiger partial charge is 0.490 e. The maximum absolute atomic E-state index is 12.1. The maximum atomic E-state index is 12.1. The molecule has 4 aromatic rings. The highest BCUT2D eigenvalue weighted by Crippen LogP contribution is 2.27. The number of carbonyl (C=O) groups is 2. The number of halogens is 3. The van der Waals surface area contributed by atoms with Gasteiger partial charge in [-0.25, -0.2) is 19.6 Å². The number of nitrogens with one attached hydrogen (secondary N) is 1. The van der Waals surface area contributed by atoms with Crippen LogP contribution < -0.4 is 5.32 Å². The third-order valence-corrected chi connectivity index (χ3v) is 7.42. The predicted molar refractivity (Wildman–Crippen MR) is 160 cm³/mol. The average molecular weight is 617 g/mol. The number of aromatic nitrogens is 4. The first-order valence-corrected chi connectivity index (χ1v) is 14.7. The second kappa shape index (κ2) is 14.1. The lowest BCUT2D eigenvalue weighted by molar-refractivity contribution is -0.192. The molecule has 0 saturated carbocycles. The molecule has 238 valence electrons. The first-order chi connectivity index (χ1) is 20.8. The Bertz CT molecular complexity index is 1530. The zero-order valence-corrected chi connectivity index (χ0v) is 25.1. The minimum Gasteiger partial charge on any atom is -0.475 e. The van der Waals surface area contributed by atoms with Crippen molar-refractivity contribution in [1.29, 1.82) is 0 Å². The van der Waals surface area contributed by atoms with Crippen molar-refractivity contribution in [3.8, 4) is 0 Å². The van der Waals surface area contributed by atoms with E-state index in [4.69, 9.17) is 14.6 Å². The molecule has 0 aliphatic carbocycles. The van der Waals surface area contributed by atoms with Crippen LogP contribution in [0, 0.1) is 0 Å². The fraction of sp³-hybridized carbons (Fsp3) is 0.484. The van der Waals surface area contributed by atoms with Crippen molar-refractivity contribution >= 4 is 34.1 Å². The summed E-state index contributed by atoms with van der Waals surface area (Å²) < 4.78 is 41.7. The molecule has 0 unspecified atom stereocenters. The van der Waals surface area contributed by atoms with Crippen LogP contribution in [0.4, 0.5) is 18.0 Å². The number of nitrogens with zero attached hydrogens (tertiary/aromatic N) is 5. The molecule has 44 heavy (non-hydrogen) atoms. The number of ether oxygens (including phenoxy) is 1. The van der Waals surface area contributed by atoms with Crippen LogP contribution in [0.2, 0.25) is 0 Å². The summed E-state index contributed by atoms with van der Waals surface area (Å²) in [5, 5.41) is 10.5. The number of amides is 1. The number of hydrogen-bond acceptors (Lipinski definition) is 6. The molecular formula is C31H39F3N6O4. The van der Waals surface area contributed by atoms with Crippen molar-refractivity contribution in [3.63, 3.8) is 0 Å². The number of carbonyl (C=O) groups excluding carboxylic acids is 1. The van der Waals surface area contributed by atoms with Crippen LogP contribution in [0.15, 0.2) is 61.2 Å². The van der Waals surface area contributed by atoms with Gasteiger partial charge < -0.3 is 29.2 Å². The number of hydrogen-bond donors (Lipinski definition) is 2. The quantitative estimate of drug-likeness (QED) is 0.276. The lowest BCUT2D eigenvalue weighted by Gasteiger charge is -2.34. The highest BCUT2D eigenvalue weighted by molar-refractivity contribution is 5.76. The third-order valence-electron chi connectivity index (χ3n) is 7.42. The Kier molecular flexibility index (Phi) is 10.5. The molecule has 13 heteroatoms. The Balaban J connectivity index is 0.000000173.